The fourth-order valence-electron chi connectivity index (χ4n) is 2.95. The van der Waals surface area contributed by atoms with Crippen molar-refractivity contribution in [3.8, 4) is 0 Å². The lowest BCUT2D eigenvalue weighted by Gasteiger charge is -2.11. The van der Waals surface area contributed by atoms with Crippen molar-refractivity contribution in [1.29, 1.82) is 0 Å². The highest BCUT2D eigenvalue weighted by Gasteiger charge is 2.18. The number of ketones is 1. The fraction of sp³-hybridized carbons (Fsp3) is 0.0455. The van der Waals surface area contributed by atoms with E-state index in [1.54, 1.807) is 24.4 Å². The number of benzene rings is 2. The number of nitrogens with one attached hydrogen (secondary N) is 2. The Labute approximate surface area is 165 Å². The largest absolute Gasteiger partial charge is 0.454 e. The van der Waals surface area contributed by atoms with Crippen LogP contribution >= 0.6 is 0 Å². The Morgan fingerprint density at radius 2 is 1.79 bits per heavy atom. The number of aromatic nitrogens is 2. The molecule has 29 heavy (non-hydrogen) atoms. The molecule has 0 saturated carbocycles. The third kappa shape index (κ3) is 3.84. The van der Waals surface area contributed by atoms with Gasteiger partial charge in [-0.1, -0.05) is 30.3 Å². The lowest BCUT2D eigenvalue weighted by Crippen LogP contribution is -2.15. The summed E-state index contributed by atoms with van der Waals surface area (Å²) in [5.74, 6) is -1.40. The van der Waals surface area contributed by atoms with Crippen molar-refractivity contribution in [2.24, 2.45) is 0 Å². The van der Waals surface area contributed by atoms with E-state index < -0.39 is 18.4 Å². The summed E-state index contributed by atoms with van der Waals surface area (Å²) < 4.78 is 19.1. The summed E-state index contributed by atoms with van der Waals surface area (Å²) in [6.07, 6.45) is 3.06. The number of fused-ring (bicyclic) bond motifs is 1. The number of nitrogens with zero attached hydrogens (tertiary/aromatic N) is 1. The van der Waals surface area contributed by atoms with Crippen molar-refractivity contribution in [3.05, 3.63) is 90.0 Å². The molecule has 0 atom stereocenters. The molecule has 4 rings (SSSR count). The first-order valence-electron chi connectivity index (χ1n) is 8.86. The Kier molecular flexibility index (Phi) is 5.03. The minimum Gasteiger partial charge on any atom is -0.454 e. The standard InChI is InChI=1S/C22H16FN3O3/c23-17-8-2-4-10-19(17)26-21-15(7-5-11-24-21)22(28)29-13-20(27)16-12-25-18-9-3-1-6-14(16)18/h1-12,25H,13H2,(H,24,26). The van der Waals surface area contributed by atoms with Gasteiger partial charge in [-0.3, -0.25) is 4.79 Å². The van der Waals surface area contributed by atoms with Gasteiger partial charge in [-0.15, -0.1) is 0 Å². The summed E-state index contributed by atoms with van der Waals surface area (Å²) in [7, 11) is 0. The summed E-state index contributed by atoms with van der Waals surface area (Å²) >= 11 is 0. The average molecular weight is 389 g/mol. The molecule has 0 amide bonds. The van der Waals surface area contributed by atoms with Gasteiger partial charge in [0, 0.05) is 28.9 Å². The topological polar surface area (TPSA) is 84.1 Å². The van der Waals surface area contributed by atoms with Crippen molar-refractivity contribution < 1.29 is 18.7 Å². The van der Waals surface area contributed by atoms with E-state index in [1.807, 2.05) is 24.3 Å². The van der Waals surface area contributed by atoms with Crippen molar-refractivity contribution in [3.63, 3.8) is 0 Å². The molecular formula is C22H16FN3O3. The zero-order chi connectivity index (χ0) is 20.2. The third-order valence-electron chi connectivity index (χ3n) is 4.38. The van der Waals surface area contributed by atoms with Gasteiger partial charge in [0.25, 0.3) is 0 Å². The predicted molar refractivity (Wildman–Crippen MR) is 107 cm³/mol. The van der Waals surface area contributed by atoms with E-state index in [-0.39, 0.29) is 22.9 Å². The summed E-state index contributed by atoms with van der Waals surface area (Å²) in [5, 5.41) is 3.55. The monoisotopic (exact) mass is 389 g/mol. The molecule has 0 bridgehead atoms. The molecule has 144 valence electrons. The number of anilines is 2. The van der Waals surface area contributed by atoms with Crippen LogP contribution in [0.15, 0.2) is 73.1 Å². The molecule has 0 aliphatic heterocycles. The molecule has 0 radical (unpaired) electrons. The number of hydrogen-bond acceptors (Lipinski definition) is 5. The fourth-order valence-corrected chi connectivity index (χ4v) is 2.95. The van der Waals surface area contributed by atoms with E-state index in [2.05, 4.69) is 15.3 Å². The smallest absolute Gasteiger partial charge is 0.342 e. The first-order valence-corrected chi connectivity index (χ1v) is 8.86. The maximum atomic E-state index is 13.9. The van der Waals surface area contributed by atoms with E-state index in [9.17, 15) is 14.0 Å². The van der Waals surface area contributed by atoms with E-state index >= 15 is 0 Å². The van der Waals surface area contributed by atoms with Gasteiger partial charge in [-0.05, 0) is 30.3 Å². The number of para-hydroxylation sites is 2. The zero-order valence-electron chi connectivity index (χ0n) is 15.2. The van der Waals surface area contributed by atoms with Crippen molar-refractivity contribution in [2.75, 3.05) is 11.9 Å². The van der Waals surface area contributed by atoms with Gasteiger partial charge >= 0.3 is 5.97 Å². The second-order valence-corrected chi connectivity index (χ2v) is 6.25. The van der Waals surface area contributed by atoms with E-state index in [0.717, 1.165) is 10.9 Å². The van der Waals surface area contributed by atoms with E-state index in [4.69, 9.17) is 4.74 Å². The average Bonchev–Trinajstić information content (AvgIpc) is 3.18. The van der Waals surface area contributed by atoms with Gasteiger partial charge in [-0.2, -0.15) is 0 Å². The summed E-state index contributed by atoms with van der Waals surface area (Å²) in [6.45, 7) is -0.422. The second kappa shape index (κ2) is 7.93. The van der Waals surface area contributed by atoms with Gasteiger partial charge < -0.3 is 15.0 Å². The molecule has 7 heteroatoms. The van der Waals surface area contributed by atoms with Crippen molar-refractivity contribution in [1.82, 2.24) is 9.97 Å². The lowest BCUT2D eigenvalue weighted by atomic mass is 10.1. The second-order valence-electron chi connectivity index (χ2n) is 6.25. The Morgan fingerprint density at radius 3 is 2.66 bits per heavy atom. The molecular weight excluding hydrogens is 373 g/mol. The number of pyridine rings is 1. The number of carbonyl (C=O) groups is 2. The maximum absolute atomic E-state index is 13.9. The number of rotatable bonds is 6. The highest BCUT2D eigenvalue weighted by atomic mass is 19.1. The molecule has 0 saturated heterocycles. The molecule has 2 aromatic heterocycles. The highest BCUT2D eigenvalue weighted by Crippen LogP contribution is 2.22. The minimum atomic E-state index is -0.731. The Hall–Kier alpha value is -4.00. The molecule has 6 nitrogen and oxygen atoms in total. The number of Topliss-reactive ketones (excluding diaryl/α,β-unsaturated/α-hetero) is 1. The van der Waals surface area contributed by atoms with Crippen LogP contribution in [0, 0.1) is 5.82 Å². The van der Waals surface area contributed by atoms with Crippen LogP contribution < -0.4 is 5.32 Å². The van der Waals surface area contributed by atoms with Crippen LogP contribution in [0.2, 0.25) is 0 Å². The Balaban J connectivity index is 1.49. The van der Waals surface area contributed by atoms with Crippen LogP contribution in [0.1, 0.15) is 20.7 Å². The molecule has 2 heterocycles. The van der Waals surface area contributed by atoms with Gasteiger partial charge in [-0.25, -0.2) is 14.2 Å². The van der Waals surface area contributed by atoms with Crippen LogP contribution in [0.25, 0.3) is 10.9 Å². The molecule has 0 aliphatic rings. The SMILES string of the molecule is O=C(OCC(=O)c1c[nH]c2ccccc12)c1cccnc1Nc1ccccc1F. The molecule has 0 unspecified atom stereocenters. The first kappa shape index (κ1) is 18.4. The minimum absolute atomic E-state index is 0.0995. The number of hydrogen-bond donors (Lipinski definition) is 2. The van der Waals surface area contributed by atoms with Crippen LogP contribution in [0.5, 0.6) is 0 Å². The normalized spacial score (nSPS) is 10.7. The van der Waals surface area contributed by atoms with Gasteiger partial charge in [0.1, 0.15) is 17.2 Å². The van der Waals surface area contributed by atoms with Crippen LogP contribution in [-0.2, 0) is 4.74 Å². The van der Waals surface area contributed by atoms with Crippen LogP contribution in [-0.4, -0.2) is 28.3 Å². The molecule has 0 spiro atoms. The number of aromatic amines is 1. The summed E-state index contributed by atoms with van der Waals surface area (Å²) in [4.78, 5) is 32.1. The predicted octanol–water partition coefficient (Wildman–Crippen LogP) is 4.49. The van der Waals surface area contributed by atoms with E-state index in [0.29, 0.717) is 5.56 Å². The van der Waals surface area contributed by atoms with Crippen molar-refractivity contribution >= 4 is 34.2 Å². The maximum Gasteiger partial charge on any atom is 0.342 e. The number of halogens is 1. The van der Waals surface area contributed by atoms with E-state index in [1.165, 1.54) is 24.4 Å². The Morgan fingerprint density at radius 1 is 1.00 bits per heavy atom. The quantitative estimate of drug-likeness (QED) is 0.375. The van der Waals surface area contributed by atoms with Crippen molar-refractivity contribution in [2.45, 2.75) is 0 Å². The first-order chi connectivity index (χ1) is 14.1. The highest BCUT2D eigenvalue weighted by molar-refractivity contribution is 6.09. The number of carbonyl (C=O) groups excluding carboxylic acids is 2. The molecule has 0 aliphatic carbocycles. The molecule has 2 N–H and O–H groups in total. The van der Waals surface area contributed by atoms with Crippen LogP contribution in [0.4, 0.5) is 15.9 Å². The third-order valence-corrected chi connectivity index (χ3v) is 4.38. The lowest BCUT2D eigenvalue weighted by molar-refractivity contribution is 0.0476. The molecule has 4 aromatic rings. The van der Waals surface area contributed by atoms with Gasteiger partial charge in [0.05, 0.1) is 5.69 Å². The number of ether oxygens (including phenoxy) is 1. The zero-order valence-corrected chi connectivity index (χ0v) is 15.2. The molecule has 2 aromatic carbocycles. The number of H-pyrrole nitrogens is 1. The van der Waals surface area contributed by atoms with Crippen LogP contribution in [0.3, 0.4) is 0 Å². The van der Waals surface area contributed by atoms with Gasteiger partial charge in [0.15, 0.2) is 6.61 Å². The summed E-state index contributed by atoms with van der Waals surface area (Å²) in [6, 6.07) is 16.5. The summed E-state index contributed by atoms with van der Waals surface area (Å²) in [5.41, 5.74) is 1.55. The molecule has 0 fully saturated rings. The number of esters is 1. The van der Waals surface area contributed by atoms with Gasteiger partial charge in [0.2, 0.25) is 5.78 Å². The Bertz CT molecular complexity index is 1200.